The maximum absolute atomic E-state index is 12.8. The van der Waals surface area contributed by atoms with Gasteiger partial charge in [0.15, 0.2) is 0 Å². The summed E-state index contributed by atoms with van der Waals surface area (Å²) in [6, 6.07) is 2.86. The van der Waals surface area contributed by atoms with Gasteiger partial charge in [0.1, 0.15) is 5.82 Å². The first-order chi connectivity index (χ1) is 10.0. The van der Waals surface area contributed by atoms with E-state index in [1.165, 1.54) is 19.0 Å². The molecule has 2 fully saturated rings. The molecule has 1 saturated carbocycles. The quantitative estimate of drug-likeness (QED) is 0.926. The minimum atomic E-state index is -4.31. The highest BCUT2D eigenvalue weighted by Gasteiger charge is 2.32. The van der Waals surface area contributed by atoms with Crippen molar-refractivity contribution in [3.63, 3.8) is 0 Å². The van der Waals surface area contributed by atoms with E-state index in [0.29, 0.717) is 17.8 Å². The van der Waals surface area contributed by atoms with Crippen molar-refractivity contribution in [3.05, 3.63) is 23.9 Å². The van der Waals surface area contributed by atoms with Crippen molar-refractivity contribution in [3.8, 4) is 0 Å². The van der Waals surface area contributed by atoms with Crippen LogP contribution >= 0.6 is 0 Å². The highest BCUT2D eigenvalue weighted by Crippen LogP contribution is 2.31. The molecule has 3 rings (SSSR count). The van der Waals surface area contributed by atoms with Gasteiger partial charge in [0.05, 0.1) is 5.56 Å². The average Bonchev–Trinajstić information content (AvgIpc) is 3.29. The van der Waals surface area contributed by atoms with Gasteiger partial charge in [-0.15, -0.1) is 0 Å². The molecule has 0 amide bonds. The van der Waals surface area contributed by atoms with Crippen molar-refractivity contribution < 1.29 is 13.2 Å². The van der Waals surface area contributed by atoms with Gasteiger partial charge in [0, 0.05) is 25.3 Å². The van der Waals surface area contributed by atoms with Crippen LogP contribution in [0.2, 0.25) is 0 Å². The molecule has 0 radical (unpaired) electrons. The van der Waals surface area contributed by atoms with Gasteiger partial charge < -0.3 is 10.2 Å². The Morgan fingerprint density at radius 1 is 1.29 bits per heavy atom. The first-order valence-corrected chi connectivity index (χ1v) is 7.54. The number of alkyl halides is 3. The molecule has 3 nitrogen and oxygen atoms in total. The van der Waals surface area contributed by atoms with Crippen molar-refractivity contribution in [1.29, 1.82) is 0 Å². The summed E-state index contributed by atoms with van der Waals surface area (Å²) in [6.07, 6.45) is 1.60. The van der Waals surface area contributed by atoms with E-state index in [2.05, 4.69) is 10.3 Å². The highest BCUT2D eigenvalue weighted by molar-refractivity contribution is 5.42. The third-order valence-corrected chi connectivity index (χ3v) is 4.19. The third-order valence-electron chi connectivity index (χ3n) is 4.19. The molecule has 2 heterocycles. The SMILES string of the molecule is FC(F)(F)c1ccnc(N2CCCC(CNC3CC3)C2)c1. The molecule has 0 aromatic carbocycles. The van der Waals surface area contributed by atoms with E-state index in [-0.39, 0.29) is 0 Å². The number of nitrogens with one attached hydrogen (secondary N) is 1. The minimum Gasteiger partial charge on any atom is -0.356 e. The molecule has 6 heteroatoms. The van der Waals surface area contributed by atoms with Crippen molar-refractivity contribution in [2.75, 3.05) is 24.5 Å². The molecule has 2 aliphatic rings. The highest BCUT2D eigenvalue weighted by atomic mass is 19.4. The van der Waals surface area contributed by atoms with Gasteiger partial charge in [-0.3, -0.25) is 0 Å². The van der Waals surface area contributed by atoms with Gasteiger partial charge in [-0.2, -0.15) is 13.2 Å². The van der Waals surface area contributed by atoms with Crippen LogP contribution in [0.1, 0.15) is 31.2 Å². The van der Waals surface area contributed by atoms with E-state index < -0.39 is 11.7 Å². The smallest absolute Gasteiger partial charge is 0.356 e. The molecule has 1 N–H and O–H groups in total. The van der Waals surface area contributed by atoms with Gasteiger partial charge in [0.25, 0.3) is 0 Å². The van der Waals surface area contributed by atoms with Crippen LogP contribution in [0, 0.1) is 5.92 Å². The standard InChI is InChI=1S/C15H20F3N3/c16-15(17,18)12-5-6-19-14(8-12)21-7-1-2-11(10-21)9-20-13-3-4-13/h5-6,8,11,13,20H,1-4,7,9-10H2. The van der Waals surface area contributed by atoms with Crippen molar-refractivity contribution >= 4 is 5.82 Å². The first-order valence-electron chi connectivity index (χ1n) is 7.54. The summed E-state index contributed by atoms with van der Waals surface area (Å²) in [5.74, 6) is 0.941. The van der Waals surface area contributed by atoms with Crippen LogP contribution in [0.25, 0.3) is 0 Å². The number of halogens is 3. The zero-order valence-corrected chi connectivity index (χ0v) is 11.9. The summed E-state index contributed by atoms with van der Waals surface area (Å²) < 4.78 is 38.3. The normalized spacial score (nSPS) is 23.4. The van der Waals surface area contributed by atoms with Crippen molar-refractivity contribution in [1.82, 2.24) is 10.3 Å². The second-order valence-corrected chi connectivity index (χ2v) is 6.04. The Morgan fingerprint density at radius 2 is 2.10 bits per heavy atom. The molecule has 1 atom stereocenters. The molecule has 21 heavy (non-hydrogen) atoms. The summed E-state index contributed by atoms with van der Waals surface area (Å²) in [6.45, 7) is 2.53. The number of nitrogens with zero attached hydrogens (tertiary/aromatic N) is 2. The molecular formula is C15H20F3N3. The number of hydrogen-bond acceptors (Lipinski definition) is 3. The number of piperidine rings is 1. The minimum absolute atomic E-state index is 0.445. The van der Waals surface area contributed by atoms with E-state index in [4.69, 9.17) is 0 Å². The van der Waals surface area contributed by atoms with Gasteiger partial charge in [-0.25, -0.2) is 4.98 Å². The Balaban J connectivity index is 1.64. The van der Waals surface area contributed by atoms with Crippen LogP contribution in [0.5, 0.6) is 0 Å². The van der Waals surface area contributed by atoms with Crippen LogP contribution in [-0.2, 0) is 6.18 Å². The predicted molar refractivity (Wildman–Crippen MR) is 75.2 cm³/mol. The van der Waals surface area contributed by atoms with E-state index >= 15 is 0 Å². The summed E-state index contributed by atoms with van der Waals surface area (Å²) in [4.78, 5) is 6.11. The molecule has 116 valence electrons. The zero-order chi connectivity index (χ0) is 14.9. The lowest BCUT2D eigenvalue weighted by atomic mass is 9.98. The number of aromatic nitrogens is 1. The van der Waals surface area contributed by atoms with Crippen LogP contribution in [0.4, 0.5) is 19.0 Å². The second kappa shape index (κ2) is 5.83. The van der Waals surface area contributed by atoms with E-state index in [1.807, 2.05) is 4.90 Å². The summed E-state index contributed by atoms with van der Waals surface area (Å²) in [5, 5.41) is 3.51. The lowest BCUT2D eigenvalue weighted by Crippen LogP contribution is -2.40. The maximum atomic E-state index is 12.8. The lowest BCUT2D eigenvalue weighted by molar-refractivity contribution is -0.137. The van der Waals surface area contributed by atoms with Gasteiger partial charge >= 0.3 is 6.18 Å². The van der Waals surface area contributed by atoms with Crippen LogP contribution in [0.15, 0.2) is 18.3 Å². The van der Waals surface area contributed by atoms with Crippen molar-refractivity contribution in [2.45, 2.75) is 37.9 Å². The summed E-state index contributed by atoms with van der Waals surface area (Å²) >= 11 is 0. The number of anilines is 1. The Hall–Kier alpha value is -1.30. The monoisotopic (exact) mass is 299 g/mol. The number of rotatable bonds is 4. The topological polar surface area (TPSA) is 28.2 Å². The van der Waals surface area contributed by atoms with Gasteiger partial charge in [0.2, 0.25) is 0 Å². The Kier molecular flexibility index (Phi) is 4.06. The van der Waals surface area contributed by atoms with Crippen LogP contribution in [0.3, 0.4) is 0 Å². The summed E-state index contributed by atoms with van der Waals surface area (Å²) in [7, 11) is 0. The predicted octanol–water partition coefficient (Wildman–Crippen LogP) is 3.07. The van der Waals surface area contributed by atoms with E-state index in [1.54, 1.807) is 0 Å². The molecule has 0 spiro atoms. The third kappa shape index (κ3) is 3.87. The molecule has 1 saturated heterocycles. The maximum Gasteiger partial charge on any atom is 0.416 e. The van der Waals surface area contributed by atoms with Crippen LogP contribution in [-0.4, -0.2) is 30.7 Å². The summed E-state index contributed by atoms with van der Waals surface area (Å²) in [5.41, 5.74) is -0.620. The Labute approximate surface area is 122 Å². The molecule has 1 aromatic heterocycles. The lowest BCUT2D eigenvalue weighted by Gasteiger charge is -2.34. The number of pyridine rings is 1. The first kappa shape index (κ1) is 14.6. The Bertz CT molecular complexity index is 485. The van der Waals surface area contributed by atoms with E-state index in [0.717, 1.165) is 44.6 Å². The molecule has 0 bridgehead atoms. The fourth-order valence-corrected chi connectivity index (χ4v) is 2.83. The molecule has 1 unspecified atom stereocenters. The molecule has 1 aliphatic carbocycles. The fraction of sp³-hybridized carbons (Fsp3) is 0.667. The van der Waals surface area contributed by atoms with E-state index in [9.17, 15) is 13.2 Å². The van der Waals surface area contributed by atoms with Gasteiger partial charge in [-0.1, -0.05) is 0 Å². The Morgan fingerprint density at radius 3 is 2.81 bits per heavy atom. The molecule has 1 aromatic rings. The molecule has 1 aliphatic heterocycles. The number of hydrogen-bond donors (Lipinski definition) is 1. The van der Waals surface area contributed by atoms with Crippen LogP contribution < -0.4 is 10.2 Å². The second-order valence-electron chi connectivity index (χ2n) is 6.04. The molecular weight excluding hydrogens is 279 g/mol. The fourth-order valence-electron chi connectivity index (χ4n) is 2.83. The average molecular weight is 299 g/mol. The zero-order valence-electron chi connectivity index (χ0n) is 11.9. The van der Waals surface area contributed by atoms with Gasteiger partial charge in [-0.05, 0) is 50.3 Å². The largest absolute Gasteiger partial charge is 0.416 e. The van der Waals surface area contributed by atoms with Crippen molar-refractivity contribution in [2.24, 2.45) is 5.92 Å².